The van der Waals surface area contributed by atoms with Crippen molar-refractivity contribution in [1.29, 1.82) is 0 Å². The maximum Gasteiger partial charge on any atom is 0.162 e. The molecule has 5 aromatic carbocycles. The van der Waals surface area contributed by atoms with Gasteiger partial charge in [-0.1, -0.05) is 84.9 Å². The van der Waals surface area contributed by atoms with E-state index < -0.39 is 0 Å². The molecule has 0 saturated carbocycles. The summed E-state index contributed by atoms with van der Waals surface area (Å²) in [6, 6.07) is 38.2. The lowest BCUT2D eigenvalue weighted by molar-refractivity contribution is 1.02. The van der Waals surface area contributed by atoms with Crippen molar-refractivity contribution in [3.63, 3.8) is 0 Å². The van der Waals surface area contributed by atoms with Crippen LogP contribution in [0.5, 0.6) is 0 Å². The number of hydrogen-bond acceptors (Lipinski definition) is 4. The van der Waals surface area contributed by atoms with Gasteiger partial charge in [-0.15, -0.1) is 0 Å². The van der Waals surface area contributed by atoms with Crippen LogP contribution in [0.15, 0.2) is 122 Å². The van der Waals surface area contributed by atoms with Gasteiger partial charge in [-0.2, -0.15) is 10.2 Å². The Bertz CT molecular complexity index is 1890. The normalized spacial score (nSPS) is 11.3. The average Bonchev–Trinajstić information content (AvgIpc) is 2.96. The maximum absolute atomic E-state index is 4.95. The number of rotatable bonds is 3. The van der Waals surface area contributed by atoms with Gasteiger partial charge in [-0.3, -0.25) is 0 Å². The van der Waals surface area contributed by atoms with Gasteiger partial charge in [-0.25, -0.2) is 9.97 Å². The molecule has 36 heavy (non-hydrogen) atoms. The Kier molecular flexibility index (Phi) is 4.74. The molecule has 7 aromatic rings. The minimum absolute atomic E-state index is 0.629. The van der Waals surface area contributed by atoms with Crippen LogP contribution in [0.4, 0.5) is 0 Å². The molecule has 4 heteroatoms. The minimum atomic E-state index is 0.629. The van der Waals surface area contributed by atoms with Crippen LogP contribution in [0.3, 0.4) is 0 Å². The van der Waals surface area contributed by atoms with Gasteiger partial charge in [0.05, 0.1) is 23.8 Å². The van der Waals surface area contributed by atoms with E-state index in [-0.39, 0.29) is 0 Å². The fraction of sp³-hybridized carbons (Fsp3) is 0. The molecule has 2 heterocycles. The molecule has 0 saturated heterocycles. The molecule has 0 bridgehead atoms. The lowest BCUT2D eigenvalue weighted by atomic mass is 9.98. The summed E-state index contributed by atoms with van der Waals surface area (Å²) in [7, 11) is 0. The van der Waals surface area contributed by atoms with Crippen LogP contribution in [-0.2, 0) is 0 Å². The zero-order valence-corrected chi connectivity index (χ0v) is 19.3. The third-order valence-corrected chi connectivity index (χ3v) is 6.65. The third kappa shape index (κ3) is 3.56. The van der Waals surface area contributed by atoms with Crippen molar-refractivity contribution in [2.24, 2.45) is 0 Å². The summed E-state index contributed by atoms with van der Waals surface area (Å²) in [6.07, 6.45) is 3.37. The molecule has 168 valence electrons. The largest absolute Gasteiger partial charge is 0.228 e. The van der Waals surface area contributed by atoms with Crippen LogP contribution >= 0.6 is 0 Å². The topological polar surface area (TPSA) is 51.6 Å². The maximum atomic E-state index is 4.95. The molecular weight excluding hydrogens is 440 g/mol. The Morgan fingerprint density at radius 3 is 1.86 bits per heavy atom. The number of nitrogens with zero attached hydrogens (tertiary/aromatic N) is 4. The van der Waals surface area contributed by atoms with Gasteiger partial charge in [-0.05, 0) is 56.6 Å². The van der Waals surface area contributed by atoms with Gasteiger partial charge >= 0.3 is 0 Å². The Balaban J connectivity index is 1.43. The van der Waals surface area contributed by atoms with Gasteiger partial charge in [0.25, 0.3) is 0 Å². The summed E-state index contributed by atoms with van der Waals surface area (Å²) in [4.78, 5) is 9.88. The molecule has 0 N–H and O–H groups in total. The van der Waals surface area contributed by atoms with Crippen molar-refractivity contribution in [2.45, 2.75) is 0 Å². The molecule has 4 nitrogen and oxygen atoms in total. The first-order chi connectivity index (χ1) is 17.8. The van der Waals surface area contributed by atoms with E-state index in [1.807, 2.05) is 6.07 Å². The molecule has 0 fully saturated rings. The second-order valence-corrected chi connectivity index (χ2v) is 8.88. The fourth-order valence-electron chi connectivity index (χ4n) is 4.82. The molecule has 0 aliphatic rings. The van der Waals surface area contributed by atoms with Gasteiger partial charge < -0.3 is 0 Å². The zero-order valence-electron chi connectivity index (χ0n) is 19.3. The second kappa shape index (κ2) is 8.36. The van der Waals surface area contributed by atoms with Crippen LogP contribution in [0, 0.1) is 0 Å². The van der Waals surface area contributed by atoms with Crippen LogP contribution in [0.2, 0.25) is 0 Å². The Labute approximate surface area is 207 Å². The van der Waals surface area contributed by atoms with Crippen LogP contribution in [0.25, 0.3) is 66.2 Å². The quantitative estimate of drug-likeness (QED) is 0.253. The first-order valence-corrected chi connectivity index (χ1v) is 11.9. The van der Waals surface area contributed by atoms with E-state index in [0.717, 1.165) is 28.1 Å². The van der Waals surface area contributed by atoms with Crippen molar-refractivity contribution in [3.8, 4) is 33.9 Å². The highest BCUT2D eigenvalue weighted by atomic mass is 15.1. The molecule has 0 aliphatic carbocycles. The smallest absolute Gasteiger partial charge is 0.162 e. The van der Waals surface area contributed by atoms with E-state index >= 15 is 0 Å². The summed E-state index contributed by atoms with van der Waals surface area (Å²) in [6.45, 7) is 0. The third-order valence-electron chi connectivity index (χ3n) is 6.65. The zero-order chi connectivity index (χ0) is 23.9. The highest BCUT2D eigenvalue weighted by Gasteiger charge is 2.12. The number of fused-ring (bicyclic) bond motifs is 4. The van der Waals surface area contributed by atoms with E-state index in [9.17, 15) is 0 Å². The average molecular weight is 461 g/mol. The molecular formula is C32H20N4. The van der Waals surface area contributed by atoms with Crippen molar-refractivity contribution in [1.82, 2.24) is 20.2 Å². The molecule has 0 atom stereocenters. The van der Waals surface area contributed by atoms with Gasteiger partial charge in [0, 0.05) is 16.7 Å². The fourth-order valence-corrected chi connectivity index (χ4v) is 4.82. The van der Waals surface area contributed by atoms with Gasteiger partial charge in [0.15, 0.2) is 5.82 Å². The number of aromatic nitrogens is 4. The van der Waals surface area contributed by atoms with E-state index in [4.69, 9.17) is 9.97 Å². The van der Waals surface area contributed by atoms with Crippen molar-refractivity contribution in [2.75, 3.05) is 0 Å². The van der Waals surface area contributed by atoms with Crippen LogP contribution in [-0.4, -0.2) is 20.2 Å². The number of benzene rings is 5. The second-order valence-electron chi connectivity index (χ2n) is 8.88. The Hall–Kier alpha value is -4.96. The van der Waals surface area contributed by atoms with Gasteiger partial charge in [0.1, 0.15) is 0 Å². The molecule has 2 aromatic heterocycles. The lowest BCUT2D eigenvalue weighted by Crippen LogP contribution is -1.96. The standard InChI is InChI=1S/C32H20N4/c1-2-7-23-17-25(12-9-21(23)5-1)30-19-31(36-32(35-30)27-15-16-33-34-20-27)26-13-14-29-24(18-26)11-10-22-6-3-4-8-28(22)29/h1-20H. The van der Waals surface area contributed by atoms with E-state index in [1.165, 1.54) is 32.3 Å². The summed E-state index contributed by atoms with van der Waals surface area (Å²) >= 11 is 0. The molecule has 0 unspecified atom stereocenters. The SMILES string of the molecule is c1ccc2cc(-c3cc(-c4ccc5c(ccc6ccccc65)c4)nc(-c4ccnnc4)n3)ccc2c1. The highest BCUT2D eigenvalue weighted by molar-refractivity contribution is 6.08. The van der Waals surface area contributed by atoms with E-state index in [0.29, 0.717) is 5.82 Å². The molecule has 0 amide bonds. The van der Waals surface area contributed by atoms with Crippen molar-refractivity contribution < 1.29 is 0 Å². The van der Waals surface area contributed by atoms with Crippen LogP contribution < -0.4 is 0 Å². The predicted molar refractivity (Wildman–Crippen MR) is 146 cm³/mol. The molecule has 7 rings (SSSR count). The monoisotopic (exact) mass is 460 g/mol. The summed E-state index contributed by atoms with van der Waals surface area (Å²) in [5.41, 5.74) is 4.67. The van der Waals surface area contributed by atoms with Crippen molar-refractivity contribution >= 4 is 32.3 Å². The first kappa shape index (κ1) is 20.4. The molecule has 0 radical (unpaired) electrons. The van der Waals surface area contributed by atoms with E-state index in [1.54, 1.807) is 12.4 Å². The summed E-state index contributed by atoms with van der Waals surface area (Å²) < 4.78 is 0. The Morgan fingerprint density at radius 2 is 1.06 bits per heavy atom. The van der Waals surface area contributed by atoms with Crippen molar-refractivity contribution in [3.05, 3.63) is 122 Å². The molecule has 0 spiro atoms. The van der Waals surface area contributed by atoms with E-state index in [2.05, 4.69) is 113 Å². The number of hydrogen-bond donors (Lipinski definition) is 0. The summed E-state index contributed by atoms with van der Waals surface area (Å²) in [5.74, 6) is 0.629. The molecule has 0 aliphatic heterocycles. The van der Waals surface area contributed by atoms with Crippen LogP contribution in [0.1, 0.15) is 0 Å². The van der Waals surface area contributed by atoms with Gasteiger partial charge in [0.2, 0.25) is 0 Å². The summed E-state index contributed by atoms with van der Waals surface area (Å²) in [5, 5.41) is 15.3. The lowest BCUT2D eigenvalue weighted by Gasteiger charge is -2.11. The first-order valence-electron chi connectivity index (χ1n) is 11.9. The minimum Gasteiger partial charge on any atom is -0.228 e. The highest BCUT2D eigenvalue weighted by Crippen LogP contribution is 2.32. The predicted octanol–water partition coefficient (Wildman–Crippen LogP) is 7.73. The Morgan fingerprint density at radius 1 is 0.417 bits per heavy atom.